The molecule has 2 heterocycles. The third-order valence-corrected chi connectivity index (χ3v) is 4.02. The molecule has 0 aliphatic carbocycles. The smallest absolute Gasteiger partial charge is 0.258 e. The fourth-order valence-corrected chi connectivity index (χ4v) is 2.42. The number of benzene rings is 1. The van der Waals surface area contributed by atoms with Crippen LogP contribution in [0.15, 0.2) is 64.7 Å². The molecule has 2 aromatic heterocycles. The van der Waals surface area contributed by atoms with E-state index in [9.17, 15) is 0 Å². The van der Waals surface area contributed by atoms with Crippen molar-refractivity contribution in [2.24, 2.45) is 0 Å². The van der Waals surface area contributed by atoms with Gasteiger partial charge in [0.25, 0.3) is 5.89 Å². The molecular weight excluding hydrogens is 378 g/mol. The second-order valence-corrected chi connectivity index (χ2v) is 6.05. The van der Waals surface area contributed by atoms with Gasteiger partial charge in [0.1, 0.15) is 0 Å². The van der Waals surface area contributed by atoms with Crippen molar-refractivity contribution < 1.29 is 4.52 Å². The predicted molar refractivity (Wildman–Crippen MR) is 110 cm³/mol. The van der Waals surface area contributed by atoms with E-state index < -0.39 is 0 Å². The Labute approximate surface area is 167 Å². The van der Waals surface area contributed by atoms with Gasteiger partial charge < -0.3 is 15.2 Å². The molecule has 0 unspecified atom stereocenters. The Morgan fingerprint density at radius 1 is 1.14 bits per heavy atom. The molecule has 8 nitrogen and oxygen atoms in total. The fourth-order valence-electron chi connectivity index (χ4n) is 2.31. The van der Waals surface area contributed by atoms with Crippen LogP contribution in [0.2, 0.25) is 0 Å². The highest BCUT2D eigenvalue weighted by molar-refractivity contribution is 6.31. The average molecular weight is 396 g/mol. The number of rotatable bonds is 6. The number of allylic oxidation sites excluding steroid dienone is 5. The molecule has 0 aliphatic rings. The van der Waals surface area contributed by atoms with Crippen LogP contribution in [0.25, 0.3) is 17.2 Å². The first-order valence-corrected chi connectivity index (χ1v) is 8.70. The summed E-state index contributed by atoms with van der Waals surface area (Å²) in [5.74, 6) is 1.08. The van der Waals surface area contributed by atoms with Crippen molar-refractivity contribution in [2.75, 3.05) is 17.7 Å². The molecular formula is C19H18ClN7O. The molecule has 1 aromatic carbocycles. The van der Waals surface area contributed by atoms with Crippen LogP contribution < -0.4 is 10.6 Å². The van der Waals surface area contributed by atoms with Crippen LogP contribution in [0.5, 0.6) is 0 Å². The number of nitrogens with zero attached hydrogens (tertiary/aromatic N) is 6. The Morgan fingerprint density at radius 3 is 2.57 bits per heavy atom. The van der Waals surface area contributed by atoms with E-state index in [1.54, 1.807) is 17.1 Å². The van der Waals surface area contributed by atoms with E-state index in [2.05, 4.69) is 31.7 Å². The van der Waals surface area contributed by atoms with Gasteiger partial charge in [-0.1, -0.05) is 53.7 Å². The van der Waals surface area contributed by atoms with Crippen molar-refractivity contribution >= 4 is 34.8 Å². The zero-order valence-electron chi connectivity index (χ0n) is 15.4. The topological polar surface area (TPSA) is 107 Å². The Balaban J connectivity index is 1.96. The highest BCUT2D eigenvalue weighted by Gasteiger charge is 2.17. The summed E-state index contributed by atoms with van der Waals surface area (Å²) in [7, 11) is 1.83. The van der Waals surface area contributed by atoms with E-state index in [0.717, 1.165) is 5.69 Å². The number of nitrogens with two attached hydrogens (primary N) is 1. The SMILES string of the molecule is C=C/C(Cl)=C\C(=C/C)c1nc(-c2nc(N)nc(N(C)c3ccccc3)n2)no1. The van der Waals surface area contributed by atoms with E-state index in [1.165, 1.54) is 6.08 Å². The number of hydrogen-bond acceptors (Lipinski definition) is 8. The lowest BCUT2D eigenvalue weighted by atomic mass is 10.2. The lowest BCUT2D eigenvalue weighted by Crippen LogP contribution is -2.15. The maximum absolute atomic E-state index is 6.00. The summed E-state index contributed by atoms with van der Waals surface area (Å²) in [5.41, 5.74) is 7.41. The number of para-hydroxylation sites is 1. The first-order chi connectivity index (χ1) is 13.5. The molecule has 0 aliphatic heterocycles. The highest BCUT2D eigenvalue weighted by Crippen LogP contribution is 2.24. The Hall–Kier alpha value is -3.52. The monoisotopic (exact) mass is 395 g/mol. The van der Waals surface area contributed by atoms with Gasteiger partial charge in [0.2, 0.25) is 23.5 Å². The second-order valence-electron chi connectivity index (χ2n) is 5.61. The third-order valence-electron chi connectivity index (χ3n) is 3.76. The first kappa shape index (κ1) is 19.2. The minimum absolute atomic E-state index is 0.0509. The molecule has 0 spiro atoms. The van der Waals surface area contributed by atoms with Crippen LogP contribution in [0.1, 0.15) is 12.8 Å². The van der Waals surface area contributed by atoms with Gasteiger partial charge in [0.15, 0.2) is 0 Å². The molecule has 28 heavy (non-hydrogen) atoms. The maximum atomic E-state index is 6.00. The molecule has 142 valence electrons. The van der Waals surface area contributed by atoms with Crippen molar-refractivity contribution in [3.05, 3.63) is 66.1 Å². The van der Waals surface area contributed by atoms with Gasteiger partial charge in [0.05, 0.1) is 0 Å². The zero-order chi connectivity index (χ0) is 20.1. The highest BCUT2D eigenvalue weighted by atomic mass is 35.5. The van der Waals surface area contributed by atoms with Gasteiger partial charge in [-0.15, -0.1) is 0 Å². The van der Waals surface area contributed by atoms with Crippen molar-refractivity contribution in [3.63, 3.8) is 0 Å². The minimum Gasteiger partial charge on any atom is -0.368 e. The molecule has 0 fully saturated rings. The van der Waals surface area contributed by atoms with Crippen molar-refractivity contribution in [3.8, 4) is 11.6 Å². The summed E-state index contributed by atoms with van der Waals surface area (Å²) in [6, 6.07) is 9.63. The van der Waals surface area contributed by atoms with Crippen molar-refractivity contribution in [1.82, 2.24) is 25.1 Å². The number of aromatic nitrogens is 5. The van der Waals surface area contributed by atoms with Gasteiger partial charge in [-0.3, -0.25) is 0 Å². The van der Waals surface area contributed by atoms with Crippen molar-refractivity contribution in [2.45, 2.75) is 6.92 Å². The molecule has 0 radical (unpaired) electrons. The third kappa shape index (κ3) is 4.24. The molecule has 0 saturated heterocycles. The van der Waals surface area contributed by atoms with Crippen LogP contribution in [0.3, 0.4) is 0 Å². The predicted octanol–water partition coefficient (Wildman–Crippen LogP) is 3.98. The lowest BCUT2D eigenvalue weighted by molar-refractivity contribution is 0.408. The molecule has 3 rings (SSSR count). The van der Waals surface area contributed by atoms with Gasteiger partial charge >= 0.3 is 0 Å². The van der Waals surface area contributed by atoms with Crippen LogP contribution in [-0.4, -0.2) is 32.1 Å². The van der Waals surface area contributed by atoms with Crippen LogP contribution in [0, 0.1) is 0 Å². The lowest BCUT2D eigenvalue weighted by Gasteiger charge is -2.17. The zero-order valence-corrected chi connectivity index (χ0v) is 16.1. The molecule has 3 aromatic rings. The minimum atomic E-state index is 0.0509. The summed E-state index contributed by atoms with van der Waals surface area (Å²) >= 11 is 6.00. The van der Waals surface area contributed by atoms with E-state index in [0.29, 0.717) is 16.6 Å². The Kier molecular flexibility index (Phi) is 5.81. The molecule has 2 N–H and O–H groups in total. The molecule has 0 atom stereocenters. The van der Waals surface area contributed by atoms with Crippen LogP contribution >= 0.6 is 11.6 Å². The summed E-state index contributed by atoms with van der Waals surface area (Å²) in [6.45, 7) is 5.45. The summed E-state index contributed by atoms with van der Waals surface area (Å²) < 4.78 is 5.32. The average Bonchev–Trinajstić information content (AvgIpc) is 3.21. The number of nitrogen functional groups attached to an aromatic ring is 1. The van der Waals surface area contributed by atoms with E-state index in [4.69, 9.17) is 21.9 Å². The van der Waals surface area contributed by atoms with Gasteiger partial charge in [0, 0.05) is 23.3 Å². The van der Waals surface area contributed by atoms with E-state index in [-0.39, 0.29) is 23.5 Å². The van der Waals surface area contributed by atoms with E-state index in [1.807, 2.05) is 44.3 Å². The van der Waals surface area contributed by atoms with Gasteiger partial charge in [-0.2, -0.15) is 19.9 Å². The van der Waals surface area contributed by atoms with Crippen molar-refractivity contribution in [1.29, 1.82) is 0 Å². The molecule has 0 bridgehead atoms. The Morgan fingerprint density at radius 2 is 1.89 bits per heavy atom. The molecule has 0 saturated carbocycles. The summed E-state index contributed by atoms with van der Waals surface area (Å²) in [4.78, 5) is 18.9. The maximum Gasteiger partial charge on any atom is 0.258 e. The molecule has 0 amide bonds. The van der Waals surface area contributed by atoms with Crippen LogP contribution in [0.4, 0.5) is 17.6 Å². The normalized spacial score (nSPS) is 12.1. The quantitative estimate of drug-likeness (QED) is 0.624. The second kappa shape index (κ2) is 8.45. The number of halogens is 1. The summed E-state index contributed by atoms with van der Waals surface area (Å²) in [5, 5.41) is 4.40. The van der Waals surface area contributed by atoms with E-state index >= 15 is 0 Å². The first-order valence-electron chi connectivity index (χ1n) is 8.32. The largest absolute Gasteiger partial charge is 0.368 e. The molecule has 9 heteroatoms. The number of anilines is 3. The van der Waals surface area contributed by atoms with Gasteiger partial charge in [-0.25, -0.2) is 0 Å². The Bertz CT molecular complexity index is 1040. The standard InChI is InChI=1S/C19H18ClN7O/c1-4-12(11-13(20)5-2)17-22-16(26-28-17)15-23-18(21)25-19(24-15)27(3)14-9-7-6-8-10-14/h4-11H,2H2,1,3H3,(H2,21,23,24,25)/b12-4+,13-11+. The van der Waals surface area contributed by atoms with Gasteiger partial charge in [-0.05, 0) is 25.1 Å². The fraction of sp³-hybridized carbons (Fsp3) is 0.105. The van der Waals surface area contributed by atoms with Crippen LogP contribution in [-0.2, 0) is 0 Å². The summed E-state index contributed by atoms with van der Waals surface area (Å²) in [6.07, 6.45) is 4.97. The number of hydrogen-bond donors (Lipinski definition) is 1.